The molecule has 3 aromatic rings. The van der Waals surface area contributed by atoms with Gasteiger partial charge in [0.05, 0.1) is 18.2 Å². The summed E-state index contributed by atoms with van der Waals surface area (Å²) in [5.74, 6) is -1.28. The molecule has 2 aromatic carbocycles. The van der Waals surface area contributed by atoms with Crippen molar-refractivity contribution in [1.82, 2.24) is 9.97 Å². The number of benzene rings is 2. The standard InChI is InChI=1S/C18H13F3N2O2S/c1-25-16(24)12-6-4-5-11(9-12)10-26-15-13-7-2-3-8-14(13)22-17(23-15)18(19,20)21/h2-9H,10H2,1H3. The summed E-state index contributed by atoms with van der Waals surface area (Å²) in [4.78, 5) is 18.9. The number of fused-ring (bicyclic) bond motifs is 1. The summed E-state index contributed by atoms with van der Waals surface area (Å²) in [5, 5.41) is 0.793. The molecule has 0 spiro atoms. The molecule has 0 aliphatic heterocycles. The third kappa shape index (κ3) is 3.96. The molecule has 0 radical (unpaired) electrons. The Labute approximate surface area is 151 Å². The van der Waals surface area contributed by atoms with Crippen LogP contribution in [0.3, 0.4) is 0 Å². The van der Waals surface area contributed by atoms with E-state index in [-0.39, 0.29) is 10.5 Å². The maximum absolute atomic E-state index is 13.1. The lowest BCUT2D eigenvalue weighted by atomic mass is 10.1. The Morgan fingerprint density at radius 1 is 1.12 bits per heavy atom. The van der Waals surface area contributed by atoms with E-state index in [2.05, 4.69) is 14.7 Å². The lowest BCUT2D eigenvalue weighted by Crippen LogP contribution is -2.11. The van der Waals surface area contributed by atoms with Crippen LogP contribution in [0.1, 0.15) is 21.7 Å². The SMILES string of the molecule is COC(=O)c1cccc(CSc2nc(C(F)(F)F)nc3ccccc23)c1. The van der Waals surface area contributed by atoms with Gasteiger partial charge in [0.15, 0.2) is 0 Å². The molecule has 3 rings (SSSR count). The summed E-state index contributed by atoms with van der Waals surface area (Å²) in [7, 11) is 1.29. The van der Waals surface area contributed by atoms with Gasteiger partial charge in [0.1, 0.15) is 5.03 Å². The number of aromatic nitrogens is 2. The van der Waals surface area contributed by atoms with E-state index >= 15 is 0 Å². The van der Waals surface area contributed by atoms with Crippen LogP contribution in [-0.2, 0) is 16.7 Å². The number of alkyl halides is 3. The lowest BCUT2D eigenvalue weighted by molar-refractivity contribution is -0.145. The number of carbonyl (C=O) groups is 1. The lowest BCUT2D eigenvalue weighted by Gasteiger charge is -2.10. The van der Waals surface area contributed by atoms with Crippen molar-refractivity contribution in [3.63, 3.8) is 0 Å². The summed E-state index contributed by atoms with van der Waals surface area (Å²) in [6, 6.07) is 13.3. The topological polar surface area (TPSA) is 52.1 Å². The Morgan fingerprint density at radius 2 is 1.88 bits per heavy atom. The molecular formula is C18H13F3N2O2S. The molecular weight excluding hydrogens is 365 g/mol. The van der Waals surface area contributed by atoms with Crippen LogP contribution in [-0.4, -0.2) is 23.0 Å². The number of methoxy groups -OCH3 is 1. The van der Waals surface area contributed by atoms with Crippen LogP contribution in [0.25, 0.3) is 10.9 Å². The normalized spacial score (nSPS) is 11.5. The zero-order chi connectivity index (χ0) is 18.7. The van der Waals surface area contributed by atoms with Gasteiger partial charge in [0.2, 0.25) is 5.82 Å². The number of hydrogen-bond donors (Lipinski definition) is 0. The third-order valence-electron chi connectivity index (χ3n) is 3.55. The largest absolute Gasteiger partial charge is 0.465 e. The first-order valence-corrected chi connectivity index (χ1v) is 8.51. The Morgan fingerprint density at radius 3 is 2.62 bits per heavy atom. The van der Waals surface area contributed by atoms with Gasteiger partial charge in [0.25, 0.3) is 0 Å². The van der Waals surface area contributed by atoms with Crippen LogP contribution in [0.5, 0.6) is 0 Å². The summed E-state index contributed by atoms with van der Waals surface area (Å²) in [5.41, 5.74) is 1.39. The number of hydrogen-bond acceptors (Lipinski definition) is 5. The van der Waals surface area contributed by atoms with Crippen molar-refractivity contribution in [3.8, 4) is 0 Å². The van der Waals surface area contributed by atoms with Gasteiger partial charge in [-0.05, 0) is 23.8 Å². The average molecular weight is 378 g/mol. The smallest absolute Gasteiger partial charge is 0.451 e. The van der Waals surface area contributed by atoms with Gasteiger partial charge < -0.3 is 4.74 Å². The van der Waals surface area contributed by atoms with Crippen molar-refractivity contribution < 1.29 is 22.7 Å². The maximum atomic E-state index is 13.1. The van der Waals surface area contributed by atoms with Crippen LogP contribution in [0, 0.1) is 0 Å². The highest BCUT2D eigenvalue weighted by Gasteiger charge is 2.35. The second-order valence-corrected chi connectivity index (χ2v) is 6.31. The number of halogens is 3. The van der Waals surface area contributed by atoms with Crippen LogP contribution < -0.4 is 0 Å². The Kier molecular flexibility index (Phi) is 5.13. The van der Waals surface area contributed by atoms with E-state index in [0.717, 1.165) is 17.3 Å². The van der Waals surface area contributed by atoms with E-state index < -0.39 is 18.0 Å². The van der Waals surface area contributed by atoms with Gasteiger partial charge in [-0.25, -0.2) is 14.8 Å². The molecule has 0 unspecified atom stereocenters. The van der Waals surface area contributed by atoms with Crippen LogP contribution in [0.15, 0.2) is 53.6 Å². The first kappa shape index (κ1) is 18.2. The van der Waals surface area contributed by atoms with E-state index in [1.807, 2.05) is 0 Å². The molecule has 4 nitrogen and oxygen atoms in total. The van der Waals surface area contributed by atoms with Crippen LogP contribution in [0.2, 0.25) is 0 Å². The minimum absolute atomic E-state index is 0.237. The Bertz CT molecular complexity index is 961. The second-order valence-electron chi connectivity index (χ2n) is 5.35. The summed E-state index contributed by atoms with van der Waals surface area (Å²) in [6.07, 6.45) is -4.62. The van der Waals surface area contributed by atoms with Gasteiger partial charge in [-0.3, -0.25) is 0 Å². The second kappa shape index (κ2) is 7.33. The molecule has 0 amide bonds. The first-order chi connectivity index (χ1) is 12.4. The maximum Gasteiger partial charge on any atom is 0.451 e. The number of esters is 1. The highest BCUT2D eigenvalue weighted by Crippen LogP contribution is 2.33. The third-order valence-corrected chi connectivity index (χ3v) is 4.61. The Balaban J connectivity index is 1.92. The fourth-order valence-electron chi connectivity index (χ4n) is 2.34. The predicted octanol–water partition coefficient (Wildman–Crippen LogP) is 4.73. The zero-order valence-electron chi connectivity index (χ0n) is 13.6. The fourth-order valence-corrected chi connectivity index (χ4v) is 3.30. The van der Waals surface area contributed by atoms with Gasteiger partial charge in [-0.1, -0.05) is 30.3 Å². The van der Waals surface area contributed by atoms with Gasteiger partial charge in [-0.15, -0.1) is 11.8 Å². The molecule has 0 N–H and O–H groups in total. The van der Waals surface area contributed by atoms with E-state index in [9.17, 15) is 18.0 Å². The first-order valence-electron chi connectivity index (χ1n) is 7.52. The molecule has 1 aromatic heterocycles. The minimum Gasteiger partial charge on any atom is -0.465 e. The molecule has 0 saturated heterocycles. The van der Waals surface area contributed by atoms with E-state index in [1.165, 1.54) is 13.2 Å². The van der Waals surface area contributed by atoms with Crippen molar-refractivity contribution >= 4 is 28.6 Å². The number of nitrogens with zero attached hydrogens (tertiary/aromatic N) is 2. The van der Waals surface area contributed by atoms with Crippen molar-refractivity contribution in [2.24, 2.45) is 0 Å². The number of thioether (sulfide) groups is 1. The highest BCUT2D eigenvalue weighted by atomic mass is 32.2. The molecule has 0 aliphatic rings. The predicted molar refractivity (Wildman–Crippen MR) is 91.9 cm³/mol. The Hall–Kier alpha value is -2.61. The quantitative estimate of drug-likeness (QED) is 0.373. The molecule has 26 heavy (non-hydrogen) atoms. The average Bonchev–Trinajstić information content (AvgIpc) is 2.64. The van der Waals surface area contributed by atoms with Crippen molar-refractivity contribution in [2.75, 3.05) is 7.11 Å². The van der Waals surface area contributed by atoms with Gasteiger partial charge in [0, 0.05) is 11.1 Å². The fraction of sp³-hybridized carbons (Fsp3) is 0.167. The summed E-state index contributed by atoms with van der Waals surface area (Å²) >= 11 is 1.16. The van der Waals surface area contributed by atoms with Crippen molar-refractivity contribution in [2.45, 2.75) is 17.0 Å². The number of para-hydroxylation sites is 1. The molecule has 0 saturated carbocycles. The minimum atomic E-state index is -4.62. The molecule has 0 fully saturated rings. The molecule has 0 aliphatic carbocycles. The molecule has 134 valence electrons. The van der Waals surface area contributed by atoms with Crippen LogP contribution in [0.4, 0.5) is 13.2 Å². The highest BCUT2D eigenvalue weighted by molar-refractivity contribution is 7.98. The molecule has 8 heteroatoms. The van der Waals surface area contributed by atoms with E-state index in [4.69, 9.17) is 0 Å². The number of carbonyl (C=O) groups excluding carboxylic acids is 1. The zero-order valence-corrected chi connectivity index (χ0v) is 14.4. The number of ether oxygens (including phenoxy) is 1. The summed E-state index contributed by atoms with van der Waals surface area (Å²) < 4.78 is 43.8. The molecule has 0 atom stereocenters. The van der Waals surface area contributed by atoms with E-state index in [1.54, 1.807) is 42.5 Å². The van der Waals surface area contributed by atoms with Gasteiger partial charge >= 0.3 is 12.1 Å². The van der Waals surface area contributed by atoms with Crippen molar-refractivity contribution in [3.05, 3.63) is 65.5 Å². The molecule has 0 bridgehead atoms. The number of rotatable bonds is 4. The molecule has 1 heterocycles. The van der Waals surface area contributed by atoms with E-state index in [0.29, 0.717) is 16.7 Å². The monoisotopic (exact) mass is 378 g/mol. The van der Waals surface area contributed by atoms with Crippen molar-refractivity contribution in [1.29, 1.82) is 0 Å². The van der Waals surface area contributed by atoms with Gasteiger partial charge in [-0.2, -0.15) is 13.2 Å². The van der Waals surface area contributed by atoms with Crippen LogP contribution >= 0.6 is 11.8 Å². The summed E-state index contributed by atoms with van der Waals surface area (Å²) in [6.45, 7) is 0.